The topological polar surface area (TPSA) is 31.6 Å². The quantitative estimate of drug-likeness (QED) is 0.784. The maximum atomic E-state index is 6.11. The van der Waals surface area contributed by atoms with E-state index >= 15 is 0 Å². The molecule has 2 heterocycles. The van der Waals surface area contributed by atoms with Gasteiger partial charge in [0.25, 0.3) is 0 Å². The van der Waals surface area contributed by atoms with E-state index in [1.165, 1.54) is 0 Å². The summed E-state index contributed by atoms with van der Waals surface area (Å²) >= 11 is 0. The van der Waals surface area contributed by atoms with Crippen molar-refractivity contribution in [3.63, 3.8) is 0 Å². The Morgan fingerprint density at radius 3 is 1.95 bits per heavy atom. The standard InChI is InChI=1S/C16H23BO3.C2H6/c1-11(2)10-13(14-12(3)8-9-18-14)17-19-15(4,5)16(6,7)20-17;1-2/h8-10H,3H2,1-2,4-7H3;1-2H3/b14-13-;. The summed E-state index contributed by atoms with van der Waals surface area (Å²) in [5.41, 5.74) is 2.03. The van der Waals surface area contributed by atoms with Crippen LogP contribution in [-0.4, -0.2) is 18.3 Å². The summed E-state index contributed by atoms with van der Waals surface area (Å²) < 4.78 is 17.8. The molecule has 0 aromatic carbocycles. The second kappa shape index (κ2) is 6.88. The molecule has 122 valence electrons. The van der Waals surface area contributed by atoms with Gasteiger partial charge >= 0.3 is 7.12 Å². The molecule has 1 aliphatic heterocycles. The van der Waals surface area contributed by atoms with Gasteiger partial charge in [0.1, 0.15) is 5.42 Å². The van der Waals surface area contributed by atoms with Crippen molar-refractivity contribution in [1.29, 1.82) is 0 Å². The van der Waals surface area contributed by atoms with Gasteiger partial charge in [-0.25, -0.2) is 0 Å². The van der Waals surface area contributed by atoms with Crippen LogP contribution < -0.4 is 10.6 Å². The van der Waals surface area contributed by atoms with Crippen LogP contribution in [0.3, 0.4) is 0 Å². The Labute approximate surface area is 134 Å². The van der Waals surface area contributed by atoms with Crippen LogP contribution in [0, 0.1) is 0 Å². The van der Waals surface area contributed by atoms with Crippen molar-refractivity contribution in [2.24, 2.45) is 0 Å². The summed E-state index contributed by atoms with van der Waals surface area (Å²) in [7, 11) is -0.443. The maximum Gasteiger partial charge on any atom is 0.498 e. The highest BCUT2D eigenvalue weighted by Crippen LogP contribution is 2.38. The molecule has 0 unspecified atom stereocenters. The van der Waals surface area contributed by atoms with E-state index < -0.39 is 7.12 Å². The van der Waals surface area contributed by atoms with E-state index in [-0.39, 0.29) is 11.2 Å². The normalized spacial score (nSPS) is 20.1. The monoisotopic (exact) mass is 304 g/mol. The lowest BCUT2D eigenvalue weighted by molar-refractivity contribution is 0.00578. The fourth-order valence-electron chi connectivity index (χ4n) is 2.11. The first-order valence-electron chi connectivity index (χ1n) is 7.91. The van der Waals surface area contributed by atoms with Gasteiger partial charge in [-0.05, 0) is 47.6 Å². The van der Waals surface area contributed by atoms with Crippen LogP contribution in [0.1, 0.15) is 55.4 Å². The fraction of sp³-hybridized carbons (Fsp3) is 0.556. The summed E-state index contributed by atoms with van der Waals surface area (Å²) in [6.07, 6.45) is 3.68. The fourth-order valence-corrected chi connectivity index (χ4v) is 2.11. The minimum Gasteiger partial charge on any atom is -0.465 e. The molecule has 4 heteroatoms. The molecular formula is C18H29BO3. The van der Waals surface area contributed by atoms with Gasteiger partial charge < -0.3 is 13.7 Å². The van der Waals surface area contributed by atoms with Gasteiger partial charge in [-0.15, -0.1) is 0 Å². The highest BCUT2D eigenvalue weighted by Gasteiger charge is 2.52. The predicted molar refractivity (Wildman–Crippen MR) is 93.7 cm³/mol. The van der Waals surface area contributed by atoms with Gasteiger partial charge in [0, 0.05) is 10.7 Å². The molecule has 0 saturated carbocycles. The lowest BCUT2D eigenvalue weighted by Gasteiger charge is -2.32. The molecule has 1 aliphatic rings. The molecule has 0 spiro atoms. The largest absolute Gasteiger partial charge is 0.498 e. The summed E-state index contributed by atoms with van der Waals surface area (Å²) in [6.45, 7) is 20.2. The third kappa shape index (κ3) is 3.74. The summed E-state index contributed by atoms with van der Waals surface area (Å²) in [6, 6.07) is 1.85. The van der Waals surface area contributed by atoms with Crippen molar-refractivity contribution in [2.45, 2.75) is 66.6 Å². The number of hydrogen-bond donors (Lipinski definition) is 0. The predicted octanol–water partition coefficient (Wildman–Crippen LogP) is 3.46. The van der Waals surface area contributed by atoms with Gasteiger partial charge in [0.15, 0.2) is 0 Å². The summed E-state index contributed by atoms with van der Waals surface area (Å²) in [5, 5.41) is 0.840. The molecule has 22 heavy (non-hydrogen) atoms. The van der Waals surface area contributed by atoms with E-state index in [1.54, 1.807) is 6.26 Å². The molecule has 0 bridgehead atoms. The second-order valence-corrected chi connectivity index (χ2v) is 6.54. The second-order valence-electron chi connectivity index (χ2n) is 6.54. The Hall–Kier alpha value is -1.26. The zero-order valence-electron chi connectivity index (χ0n) is 15.2. The first kappa shape index (κ1) is 18.8. The number of furan rings is 1. The van der Waals surface area contributed by atoms with Crippen molar-refractivity contribution < 1.29 is 13.7 Å². The Balaban J connectivity index is 0.00000116. The van der Waals surface area contributed by atoms with E-state index in [0.717, 1.165) is 21.7 Å². The van der Waals surface area contributed by atoms with E-state index in [2.05, 4.69) is 6.58 Å². The van der Waals surface area contributed by atoms with Crippen molar-refractivity contribution in [3.8, 4) is 0 Å². The maximum absolute atomic E-state index is 6.11. The van der Waals surface area contributed by atoms with Crippen molar-refractivity contribution in [1.82, 2.24) is 0 Å². The smallest absolute Gasteiger partial charge is 0.465 e. The molecule has 0 atom stereocenters. The van der Waals surface area contributed by atoms with Crippen LogP contribution in [0.15, 0.2) is 28.4 Å². The van der Waals surface area contributed by atoms with Gasteiger partial charge in [-0.1, -0.05) is 32.1 Å². The Kier molecular flexibility index (Phi) is 5.88. The summed E-state index contributed by atoms with van der Waals surface area (Å²) in [5.74, 6) is 0. The molecule has 2 rings (SSSR count). The van der Waals surface area contributed by atoms with Crippen LogP contribution >= 0.6 is 0 Å². The van der Waals surface area contributed by atoms with Gasteiger partial charge in [0.05, 0.1) is 17.5 Å². The average Bonchev–Trinajstić information content (AvgIpc) is 2.91. The molecule has 0 N–H and O–H groups in total. The van der Waals surface area contributed by atoms with Crippen molar-refractivity contribution in [3.05, 3.63) is 34.6 Å². The van der Waals surface area contributed by atoms with E-state index in [0.29, 0.717) is 0 Å². The lowest BCUT2D eigenvalue weighted by Crippen LogP contribution is -2.41. The molecule has 0 amide bonds. The lowest BCUT2D eigenvalue weighted by atomic mass is 9.77. The molecule has 1 saturated heterocycles. The number of allylic oxidation sites excluding steroid dienone is 2. The van der Waals surface area contributed by atoms with Crippen LogP contribution in [0.25, 0.3) is 12.1 Å². The van der Waals surface area contributed by atoms with E-state index in [9.17, 15) is 0 Å². The third-order valence-corrected chi connectivity index (χ3v) is 3.96. The van der Waals surface area contributed by atoms with Gasteiger partial charge in [-0.3, -0.25) is 0 Å². The average molecular weight is 304 g/mol. The van der Waals surface area contributed by atoms with E-state index in [1.807, 2.05) is 67.5 Å². The molecule has 1 aromatic heterocycles. The van der Waals surface area contributed by atoms with Crippen molar-refractivity contribution >= 4 is 19.2 Å². The highest BCUT2D eigenvalue weighted by atomic mass is 16.7. The van der Waals surface area contributed by atoms with Crippen LogP contribution in [0.4, 0.5) is 0 Å². The van der Waals surface area contributed by atoms with E-state index in [4.69, 9.17) is 13.7 Å². The zero-order valence-corrected chi connectivity index (χ0v) is 15.2. The minimum atomic E-state index is -0.443. The Morgan fingerprint density at radius 2 is 1.59 bits per heavy atom. The molecule has 1 fully saturated rings. The van der Waals surface area contributed by atoms with Gasteiger partial charge in [0.2, 0.25) is 0 Å². The SMILES string of the molecule is C=c1cco/c1=C(/C=C(C)C)B1OC(C)(C)C(C)(C)O1.CC. The summed E-state index contributed by atoms with van der Waals surface area (Å²) in [4.78, 5) is 0. The molecule has 1 aromatic rings. The molecule has 0 radical (unpaired) electrons. The zero-order chi connectivity index (χ0) is 17.1. The third-order valence-electron chi connectivity index (χ3n) is 3.96. The first-order chi connectivity index (χ1) is 10.1. The molecular weight excluding hydrogens is 275 g/mol. The first-order valence-corrected chi connectivity index (χ1v) is 7.91. The Bertz CT molecular complexity index is 618. The van der Waals surface area contributed by atoms with Crippen LogP contribution in [0.2, 0.25) is 0 Å². The highest BCUT2D eigenvalue weighted by molar-refractivity contribution is 6.68. The van der Waals surface area contributed by atoms with Crippen molar-refractivity contribution in [2.75, 3.05) is 0 Å². The molecule has 0 aliphatic carbocycles. The number of rotatable bonds is 2. The Morgan fingerprint density at radius 1 is 1.09 bits per heavy atom. The number of hydrogen-bond acceptors (Lipinski definition) is 3. The minimum absolute atomic E-state index is 0.369. The van der Waals surface area contributed by atoms with Crippen LogP contribution in [0.5, 0.6) is 0 Å². The van der Waals surface area contributed by atoms with Gasteiger partial charge in [-0.2, -0.15) is 0 Å². The van der Waals surface area contributed by atoms with Crippen LogP contribution in [-0.2, 0) is 9.31 Å². The molecule has 3 nitrogen and oxygen atoms in total.